The van der Waals surface area contributed by atoms with E-state index in [1.54, 1.807) is 0 Å². The smallest absolute Gasteiger partial charge is 0.200 e. The lowest BCUT2D eigenvalue weighted by Crippen LogP contribution is -2.39. The van der Waals surface area contributed by atoms with Crippen molar-refractivity contribution in [3.05, 3.63) is 41.2 Å². The first-order chi connectivity index (χ1) is 12.0. The van der Waals surface area contributed by atoms with Crippen LogP contribution in [0.2, 0.25) is 0 Å². The number of allylic oxidation sites excluding steroid dienone is 1. The van der Waals surface area contributed by atoms with Gasteiger partial charge in [-0.25, -0.2) is 22.0 Å². The molecule has 0 bridgehead atoms. The highest BCUT2D eigenvalue weighted by molar-refractivity contribution is 8.99. The lowest BCUT2D eigenvalue weighted by molar-refractivity contribution is 0.129. The SMILES string of the molecule is C=C(C)[C@@H]1CC[C@]2(C)S[P@](=S)(Sc3c(F)c(F)c(F)c(F)c3F)O[C@@H]2C1. The van der Waals surface area contributed by atoms with Crippen LogP contribution in [-0.4, -0.2) is 10.9 Å². The monoisotopic (exact) mass is 446 g/mol. The molecule has 1 aromatic rings. The zero-order valence-corrected chi connectivity index (χ0v) is 17.3. The van der Waals surface area contributed by atoms with Crippen LogP contribution < -0.4 is 0 Å². The molecule has 0 amide bonds. The number of benzene rings is 1. The van der Waals surface area contributed by atoms with E-state index < -0.39 is 38.7 Å². The molecule has 3 rings (SSSR count). The van der Waals surface area contributed by atoms with Crippen LogP contribution in [0.3, 0.4) is 0 Å². The number of halogens is 5. The zero-order chi connectivity index (χ0) is 19.4. The van der Waals surface area contributed by atoms with E-state index in [9.17, 15) is 22.0 Å². The van der Waals surface area contributed by atoms with E-state index in [1.165, 1.54) is 11.4 Å². The Morgan fingerprint density at radius 2 is 1.73 bits per heavy atom. The van der Waals surface area contributed by atoms with E-state index in [0.717, 1.165) is 18.4 Å². The Balaban J connectivity index is 1.91. The Bertz CT molecular complexity index is 804. The van der Waals surface area contributed by atoms with Gasteiger partial charge in [0.15, 0.2) is 27.9 Å². The minimum atomic E-state index is -2.93. The molecule has 0 spiro atoms. The van der Waals surface area contributed by atoms with E-state index in [0.29, 0.717) is 17.8 Å². The van der Waals surface area contributed by atoms with Gasteiger partial charge in [0.2, 0.25) is 5.82 Å². The lowest BCUT2D eigenvalue weighted by atomic mass is 9.77. The second-order valence-electron chi connectivity index (χ2n) is 6.75. The fraction of sp³-hybridized carbons (Fsp3) is 0.500. The van der Waals surface area contributed by atoms with Crippen molar-refractivity contribution < 1.29 is 26.5 Å². The summed E-state index contributed by atoms with van der Waals surface area (Å²) in [6, 6.07) is 0. The molecule has 144 valence electrons. The molecule has 10 heteroatoms. The third kappa shape index (κ3) is 3.50. The van der Waals surface area contributed by atoms with Crippen LogP contribution in [0.15, 0.2) is 17.0 Å². The number of fused-ring (bicyclic) bond motifs is 1. The van der Waals surface area contributed by atoms with Gasteiger partial charge in [-0.3, -0.25) is 0 Å². The first-order valence-corrected chi connectivity index (χ1v) is 13.4. The highest BCUT2D eigenvalue weighted by atomic mass is 33.2. The molecule has 0 unspecified atom stereocenters. The number of rotatable bonds is 3. The average Bonchev–Trinajstić information content (AvgIpc) is 2.84. The zero-order valence-electron chi connectivity index (χ0n) is 14.0. The summed E-state index contributed by atoms with van der Waals surface area (Å²) in [5, 5.41) is 0. The Labute approximate surface area is 161 Å². The molecule has 1 heterocycles. The van der Waals surface area contributed by atoms with E-state index in [4.69, 9.17) is 16.3 Å². The molecular formula is C16H16F5OPS3. The maximum atomic E-state index is 14.0. The van der Waals surface area contributed by atoms with Crippen LogP contribution in [-0.2, 0) is 16.3 Å². The summed E-state index contributed by atoms with van der Waals surface area (Å²) in [5.74, 6) is -9.56. The van der Waals surface area contributed by atoms with Crippen LogP contribution in [0, 0.1) is 35.0 Å². The van der Waals surface area contributed by atoms with Crippen molar-refractivity contribution >= 4 is 39.2 Å². The van der Waals surface area contributed by atoms with E-state index in [-0.39, 0.29) is 16.8 Å². The van der Waals surface area contributed by atoms with Crippen LogP contribution in [0.1, 0.15) is 33.1 Å². The Kier molecular flexibility index (Phi) is 5.61. The van der Waals surface area contributed by atoms with Gasteiger partial charge in [0.25, 0.3) is 0 Å². The minimum absolute atomic E-state index is 0.234. The van der Waals surface area contributed by atoms with Crippen LogP contribution >= 0.6 is 27.4 Å². The van der Waals surface area contributed by atoms with Crippen molar-refractivity contribution in [2.75, 3.05) is 0 Å². The maximum Gasteiger partial charge on any atom is 0.200 e. The molecule has 0 N–H and O–H groups in total. The summed E-state index contributed by atoms with van der Waals surface area (Å²) < 4.78 is 70.9. The fourth-order valence-corrected chi connectivity index (χ4v) is 14.9. The average molecular weight is 446 g/mol. The van der Waals surface area contributed by atoms with Gasteiger partial charge < -0.3 is 4.52 Å². The van der Waals surface area contributed by atoms with Gasteiger partial charge in [0, 0.05) is 4.75 Å². The van der Waals surface area contributed by atoms with Crippen molar-refractivity contribution in [1.82, 2.24) is 0 Å². The third-order valence-electron chi connectivity index (χ3n) is 4.82. The molecular weight excluding hydrogens is 430 g/mol. The van der Waals surface area contributed by atoms with Gasteiger partial charge in [0.05, 0.1) is 11.0 Å². The number of hydrogen-bond donors (Lipinski definition) is 0. The van der Waals surface area contributed by atoms with Gasteiger partial charge in [-0.15, -0.1) is 0 Å². The summed E-state index contributed by atoms with van der Waals surface area (Å²) in [6.07, 6.45) is 2.15. The molecule has 1 saturated heterocycles. The van der Waals surface area contributed by atoms with Gasteiger partial charge in [-0.1, -0.05) is 23.5 Å². The van der Waals surface area contributed by atoms with Gasteiger partial charge in [0.1, 0.15) is 0 Å². The second-order valence-corrected chi connectivity index (χ2v) is 17.4. The predicted octanol–water partition coefficient (Wildman–Crippen LogP) is 6.97. The van der Waals surface area contributed by atoms with E-state index in [1.807, 2.05) is 13.8 Å². The topological polar surface area (TPSA) is 9.23 Å². The molecule has 26 heavy (non-hydrogen) atoms. The van der Waals surface area contributed by atoms with E-state index in [2.05, 4.69) is 6.58 Å². The summed E-state index contributed by atoms with van der Waals surface area (Å²) in [6.45, 7) is 7.88. The second kappa shape index (κ2) is 7.07. The van der Waals surface area contributed by atoms with Crippen molar-refractivity contribution in [2.24, 2.45) is 5.92 Å². The fourth-order valence-electron chi connectivity index (χ4n) is 3.20. The standard InChI is InChI=1S/C16H16F5OPS3/c1-7(2)8-4-5-16(3)9(6-8)22-23(24,26-16)25-15-13(20)11(18)10(17)12(19)14(15)21/h8-9H,1,4-6H2,2-3H3/t8-,9-,16+,23-/m1/s1. The molecule has 0 radical (unpaired) electrons. The van der Waals surface area contributed by atoms with Crippen molar-refractivity contribution in [2.45, 2.75) is 48.9 Å². The Hall–Kier alpha value is -0.0800. The van der Waals surface area contributed by atoms with Crippen molar-refractivity contribution in [3.63, 3.8) is 0 Å². The first-order valence-electron chi connectivity index (χ1n) is 7.83. The van der Waals surface area contributed by atoms with Gasteiger partial charge in [-0.05, 0) is 62.2 Å². The molecule has 2 fully saturated rings. The van der Waals surface area contributed by atoms with Crippen LogP contribution in [0.25, 0.3) is 0 Å². The van der Waals surface area contributed by atoms with Crippen LogP contribution in [0.5, 0.6) is 0 Å². The third-order valence-corrected chi connectivity index (χ3v) is 13.8. The highest BCUT2D eigenvalue weighted by Gasteiger charge is 2.53. The summed E-state index contributed by atoms with van der Waals surface area (Å²) in [5.41, 5.74) is 1.04. The normalized spacial score (nSPS) is 34.0. The highest BCUT2D eigenvalue weighted by Crippen LogP contribution is 2.82. The van der Waals surface area contributed by atoms with Gasteiger partial charge in [-0.2, -0.15) is 0 Å². The van der Waals surface area contributed by atoms with Crippen LogP contribution in [0.4, 0.5) is 22.0 Å². The molecule has 1 aromatic carbocycles. The Morgan fingerprint density at radius 1 is 1.19 bits per heavy atom. The molecule has 1 saturated carbocycles. The van der Waals surface area contributed by atoms with E-state index >= 15 is 0 Å². The summed E-state index contributed by atoms with van der Waals surface area (Å²) in [4.78, 5) is -0.962. The predicted molar refractivity (Wildman–Crippen MR) is 99.4 cm³/mol. The minimum Gasteiger partial charge on any atom is -0.329 e. The maximum absolute atomic E-state index is 14.0. The summed E-state index contributed by atoms with van der Waals surface area (Å²) in [7, 11) is 0. The Morgan fingerprint density at radius 3 is 2.27 bits per heavy atom. The largest absolute Gasteiger partial charge is 0.329 e. The molecule has 4 atom stereocenters. The molecule has 1 aliphatic heterocycles. The molecule has 1 aliphatic carbocycles. The first kappa shape index (κ1) is 20.6. The number of hydrogen-bond acceptors (Lipinski definition) is 4. The molecule has 2 aliphatic rings. The molecule has 1 nitrogen and oxygen atoms in total. The van der Waals surface area contributed by atoms with Crippen molar-refractivity contribution in [1.29, 1.82) is 0 Å². The quantitative estimate of drug-likeness (QED) is 0.163. The summed E-state index contributed by atoms with van der Waals surface area (Å²) >= 11 is 7.27. The molecule has 0 aromatic heterocycles. The van der Waals surface area contributed by atoms with Crippen molar-refractivity contribution in [3.8, 4) is 0 Å². The lowest BCUT2D eigenvalue weighted by Gasteiger charge is -2.37. The van der Waals surface area contributed by atoms with Gasteiger partial charge >= 0.3 is 0 Å².